The second-order valence-corrected chi connectivity index (χ2v) is 6.52. The minimum absolute atomic E-state index is 0.00164. The van der Waals surface area contributed by atoms with Crippen molar-refractivity contribution >= 4 is 28.2 Å². The lowest BCUT2D eigenvalue weighted by atomic mass is 10.1. The van der Waals surface area contributed by atoms with E-state index in [0.717, 1.165) is 5.56 Å². The highest BCUT2D eigenvalue weighted by molar-refractivity contribution is 7.07. The van der Waals surface area contributed by atoms with E-state index >= 15 is 0 Å². The Bertz CT molecular complexity index is 1050. The van der Waals surface area contributed by atoms with Crippen molar-refractivity contribution in [2.24, 2.45) is 0 Å². The fourth-order valence-electron chi connectivity index (χ4n) is 2.79. The van der Waals surface area contributed by atoms with Crippen molar-refractivity contribution < 1.29 is 9.21 Å². The molecule has 130 valence electrons. The standard InChI is InChI=1S/C19H15N3O3S/c23-16-10-18(25-17-5-2-1-4-14(16)17)19(24)20-11-15(13-6-9-26-12-13)22-8-3-7-21-22/h1-10,12,15H,11H2,(H,20,24). The molecular weight excluding hydrogens is 350 g/mol. The molecule has 0 spiro atoms. The van der Waals surface area contributed by atoms with Crippen LogP contribution in [0.2, 0.25) is 0 Å². The third-order valence-electron chi connectivity index (χ3n) is 4.09. The number of rotatable bonds is 5. The lowest BCUT2D eigenvalue weighted by Crippen LogP contribution is -2.31. The summed E-state index contributed by atoms with van der Waals surface area (Å²) in [7, 11) is 0. The Kier molecular flexibility index (Phi) is 4.37. The number of carbonyl (C=O) groups excluding carboxylic acids is 1. The van der Waals surface area contributed by atoms with Gasteiger partial charge in [-0.1, -0.05) is 12.1 Å². The number of nitrogens with zero attached hydrogens (tertiary/aromatic N) is 2. The van der Waals surface area contributed by atoms with E-state index in [9.17, 15) is 9.59 Å². The average Bonchev–Trinajstić information content (AvgIpc) is 3.36. The summed E-state index contributed by atoms with van der Waals surface area (Å²) in [5, 5.41) is 11.6. The Labute approximate surface area is 152 Å². The van der Waals surface area contributed by atoms with E-state index in [-0.39, 0.29) is 17.2 Å². The summed E-state index contributed by atoms with van der Waals surface area (Å²) >= 11 is 1.59. The summed E-state index contributed by atoms with van der Waals surface area (Å²) in [5.41, 5.74) is 1.21. The van der Waals surface area contributed by atoms with Gasteiger partial charge in [0.2, 0.25) is 0 Å². The Balaban J connectivity index is 1.57. The van der Waals surface area contributed by atoms with Gasteiger partial charge in [-0.2, -0.15) is 16.4 Å². The summed E-state index contributed by atoms with van der Waals surface area (Å²) in [6.45, 7) is 0.327. The second kappa shape index (κ2) is 6.97. The molecule has 3 heterocycles. The largest absolute Gasteiger partial charge is 0.451 e. The number of aromatic nitrogens is 2. The monoisotopic (exact) mass is 365 g/mol. The Morgan fingerprint density at radius 2 is 2.15 bits per heavy atom. The molecule has 7 heteroatoms. The van der Waals surface area contributed by atoms with Crippen LogP contribution in [0.4, 0.5) is 0 Å². The first-order valence-corrected chi connectivity index (χ1v) is 8.99. The Morgan fingerprint density at radius 3 is 2.92 bits per heavy atom. The summed E-state index contributed by atoms with van der Waals surface area (Å²) in [6, 6.07) is 11.8. The zero-order valence-corrected chi connectivity index (χ0v) is 14.5. The van der Waals surface area contributed by atoms with Crippen molar-refractivity contribution in [3.8, 4) is 0 Å². The molecule has 0 aliphatic rings. The van der Waals surface area contributed by atoms with Gasteiger partial charge >= 0.3 is 0 Å². The van der Waals surface area contributed by atoms with Gasteiger partial charge in [0.25, 0.3) is 5.91 Å². The number of fused-ring (bicyclic) bond motifs is 1. The Morgan fingerprint density at radius 1 is 1.27 bits per heavy atom. The molecule has 3 aromatic heterocycles. The molecule has 1 unspecified atom stereocenters. The summed E-state index contributed by atoms with van der Waals surface area (Å²) < 4.78 is 7.38. The highest BCUT2D eigenvalue weighted by atomic mass is 32.1. The van der Waals surface area contributed by atoms with Gasteiger partial charge in [-0.25, -0.2) is 0 Å². The van der Waals surface area contributed by atoms with E-state index in [1.165, 1.54) is 6.07 Å². The second-order valence-electron chi connectivity index (χ2n) is 5.74. The van der Waals surface area contributed by atoms with Gasteiger partial charge in [-0.3, -0.25) is 14.3 Å². The molecule has 0 aliphatic carbocycles. The van der Waals surface area contributed by atoms with Crippen LogP contribution >= 0.6 is 11.3 Å². The van der Waals surface area contributed by atoms with Crippen LogP contribution in [0, 0.1) is 0 Å². The first-order chi connectivity index (χ1) is 12.7. The van der Waals surface area contributed by atoms with Crippen molar-refractivity contribution in [1.82, 2.24) is 15.1 Å². The molecule has 0 aliphatic heterocycles. The van der Waals surface area contributed by atoms with Crippen molar-refractivity contribution in [2.75, 3.05) is 6.54 Å². The van der Waals surface area contributed by atoms with E-state index in [0.29, 0.717) is 17.5 Å². The van der Waals surface area contributed by atoms with Gasteiger partial charge in [0, 0.05) is 25.0 Å². The van der Waals surface area contributed by atoms with Gasteiger partial charge in [-0.15, -0.1) is 0 Å². The molecule has 1 amide bonds. The lowest BCUT2D eigenvalue weighted by molar-refractivity contribution is 0.0922. The molecular formula is C19H15N3O3S. The number of para-hydroxylation sites is 1. The van der Waals surface area contributed by atoms with Crippen molar-refractivity contribution in [3.05, 3.63) is 87.2 Å². The number of hydrogen-bond donors (Lipinski definition) is 1. The van der Waals surface area contributed by atoms with E-state index < -0.39 is 5.91 Å². The molecule has 0 saturated heterocycles. The zero-order chi connectivity index (χ0) is 17.9. The normalized spacial score (nSPS) is 12.2. The fourth-order valence-corrected chi connectivity index (χ4v) is 3.49. The van der Waals surface area contributed by atoms with E-state index in [1.807, 2.05) is 29.1 Å². The number of amides is 1. The highest BCUT2D eigenvalue weighted by Crippen LogP contribution is 2.20. The zero-order valence-electron chi connectivity index (χ0n) is 13.7. The van der Waals surface area contributed by atoms with Crippen LogP contribution in [0.3, 0.4) is 0 Å². The van der Waals surface area contributed by atoms with Crippen molar-refractivity contribution in [1.29, 1.82) is 0 Å². The Hall–Kier alpha value is -3.19. The van der Waals surface area contributed by atoms with Crippen LogP contribution in [0.15, 0.2) is 74.8 Å². The average molecular weight is 365 g/mol. The molecule has 0 fully saturated rings. The molecule has 4 rings (SSSR count). The van der Waals surface area contributed by atoms with Gasteiger partial charge in [0.15, 0.2) is 11.2 Å². The number of thiophene rings is 1. The van der Waals surface area contributed by atoms with Gasteiger partial charge in [-0.05, 0) is 40.6 Å². The molecule has 26 heavy (non-hydrogen) atoms. The smallest absolute Gasteiger partial charge is 0.287 e. The number of benzene rings is 1. The van der Waals surface area contributed by atoms with E-state index in [2.05, 4.69) is 10.4 Å². The lowest BCUT2D eigenvalue weighted by Gasteiger charge is -2.17. The third-order valence-corrected chi connectivity index (χ3v) is 4.79. The first kappa shape index (κ1) is 16.3. The maximum absolute atomic E-state index is 12.5. The molecule has 0 radical (unpaired) electrons. The van der Waals surface area contributed by atoms with Gasteiger partial charge in [0.1, 0.15) is 5.58 Å². The van der Waals surface area contributed by atoms with Crippen LogP contribution < -0.4 is 10.7 Å². The minimum Gasteiger partial charge on any atom is -0.451 e. The van der Waals surface area contributed by atoms with E-state index in [4.69, 9.17) is 4.42 Å². The van der Waals surface area contributed by atoms with Crippen molar-refractivity contribution in [3.63, 3.8) is 0 Å². The highest BCUT2D eigenvalue weighted by Gasteiger charge is 2.18. The van der Waals surface area contributed by atoms with Gasteiger partial charge < -0.3 is 9.73 Å². The predicted octanol–water partition coefficient (Wildman–Crippen LogP) is 3.07. The summed E-state index contributed by atoms with van der Waals surface area (Å²) in [6.07, 6.45) is 3.55. The molecule has 1 aromatic carbocycles. The quantitative estimate of drug-likeness (QED) is 0.590. The SMILES string of the molecule is O=C(NCC(c1ccsc1)n1cccn1)c1cc(=O)c2ccccc2o1. The third kappa shape index (κ3) is 3.16. The van der Waals surface area contributed by atoms with E-state index in [1.54, 1.807) is 46.5 Å². The van der Waals surface area contributed by atoms with Crippen LogP contribution in [0.25, 0.3) is 11.0 Å². The van der Waals surface area contributed by atoms with Gasteiger partial charge in [0.05, 0.1) is 11.4 Å². The van der Waals surface area contributed by atoms with Crippen LogP contribution in [-0.4, -0.2) is 22.2 Å². The predicted molar refractivity (Wildman–Crippen MR) is 99.5 cm³/mol. The molecule has 1 N–H and O–H groups in total. The molecule has 4 aromatic rings. The molecule has 6 nitrogen and oxygen atoms in total. The maximum Gasteiger partial charge on any atom is 0.287 e. The molecule has 0 bridgehead atoms. The fraction of sp³-hybridized carbons (Fsp3) is 0.105. The topological polar surface area (TPSA) is 77.1 Å². The maximum atomic E-state index is 12.5. The number of nitrogens with one attached hydrogen (secondary N) is 1. The van der Waals surface area contributed by atoms with Crippen molar-refractivity contribution in [2.45, 2.75) is 6.04 Å². The molecule has 1 atom stereocenters. The number of carbonyl (C=O) groups is 1. The number of hydrogen-bond acceptors (Lipinski definition) is 5. The first-order valence-electron chi connectivity index (χ1n) is 8.05. The molecule has 0 saturated carbocycles. The van der Waals surface area contributed by atoms with Crippen LogP contribution in [0.1, 0.15) is 22.2 Å². The van der Waals surface area contributed by atoms with Crippen LogP contribution in [0.5, 0.6) is 0 Å². The summed E-state index contributed by atoms with van der Waals surface area (Å²) in [4.78, 5) is 24.7. The summed E-state index contributed by atoms with van der Waals surface area (Å²) in [5.74, 6) is -0.432. The van der Waals surface area contributed by atoms with Crippen LogP contribution in [-0.2, 0) is 0 Å². The minimum atomic E-state index is -0.430.